The van der Waals surface area contributed by atoms with Gasteiger partial charge in [-0.2, -0.15) is 0 Å². The topological polar surface area (TPSA) is 38.3 Å². The quantitative estimate of drug-likeness (QED) is 0.720. The molecule has 2 rings (SSSR count). The summed E-state index contributed by atoms with van der Waals surface area (Å²) >= 11 is 0. The Morgan fingerprint density at radius 3 is 2.63 bits per heavy atom. The lowest BCUT2D eigenvalue weighted by Gasteiger charge is -2.31. The third-order valence-corrected chi connectivity index (χ3v) is 5.05. The summed E-state index contributed by atoms with van der Waals surface area (Å²) in [6.45, 7) is 6.73. The minimum atomic E-state index is -0.112. The molecule has 2 fully saturated rings. The van der Waals surface area contributed by atoms with Gasteiger partial charge >= 0.3 is 5.97 Å². The molecule has 5 atom stereocenters. The van der Waals surface area contributed by atoms with E-state index < -0.39 is 0 Å². The molecule has 2 bridgehead atoms. The summed E-state index contributed by atoms with van der Waals surface area (Å²) < 4.78 is 5.18. The van der Waals surface area contributed by atoms with Gasteiger partial charge in [0, 0.05) is 6.04 Å². The molecule has 2 aliphatic carbocycles. The average molecular weight is 267 g/mol. The van der Waals surface area contributed by atoms with Crippen LogP contribution in [0, 0.1) is 17.8 Å². The van der Waals surface area contributed by atoms with Gasteiger partial charge in [0.05, 0.1) is 6.61 Å². The Hall–Kier alpha value is -0.570. The molecule has 0 aromatic rings. The van der Waals surface area contributed by atoms with Crippen molar-refractivity contribution in [1.82, 2.24) is 5.32 Å². The number of carbonyl (C=O) groups is 1. The largest absolute Gasteiger partial charge is 0.465 e. The molecular weight excluding hydrogens is 238 g/mol. The lowest BCUT2D eigenvalue weighted by atomic mass is 9.83. The van der Waals surface area contributed by atoms with E-state index in [4.69, 9.17) is 4.74 Å². The Bertz CT molecular complexity index is 305. The minimum absolute atomic E-state index is 0.0700. The van der Waals surface area contributed by atoms with Crippen LogP contribution in [0.5, 0.6) is 0 Å². The predicted octanol–water partition coefficient (Wildman–Crippen LogP) is 3.13. The van der Waals surface area contributed by atoms with E-state index in [1.165, 1.54) is 25.7 Å². The fourth-order valence-corrected chi connectivity index (χ4v) is 4.15. The van der Waals surface area contributed by atoms with Gasteiger partial charge in [-0.1, -0.05) is 19.8 Å². The van der Waals surface area contributed by atoms with Crippen molar-refractivity contribution in [1.29, 1.82) is 0 Å². The van der Waals surface area contributed by atoms with Crippen molar-refractivity contribution in [2.75, 3.05) is 6.61 Å². The van der Waals surface area contributed by atoms with E-state index >= 15 is 0 Å². The summed E-state index contributed by atoms with van der Waals surface area (Å²) in [5.41, 5.74) is 0. The number of hydrogen-bond acceptors (Lipinski definition) is 3. The van der Waals surface area contributed by atoms with Crippen molar-refractivity contribution in [2.24, 2.45) is 17.8 Å². The lowest BCUT2D eigenvalue weighted by Crippen LogP contribution is -2.47. The Kier molecular flexibility index (Phi) is 5.26. The molecule has 2 aliphatic rings. The van der Waals surface area contributed by atoms with Gasteiger partial charge in [0.25, 0.3) is 0 Å². The zero-order valence-corrected chi connectivity index (χ0v) is 12.7. The normalized spacial score (nSPS) is 32.3. The van der Waals surface area contributed by atoms with Crippen molar-refractivity contribution in [3.05, 3.63) is 0 Å². The fourth-order valence-electron chi connectivity index (χ4n) is 4.15. The Morgan fingerprint density at radius 1 is 1.32 bits per heavy atom. The number of nitrogens with one attached hydrogen (secondary N) is 1. The van der Waals surface area contributed by atoms with Crippen LogP contribution in [0.25, 0.3) is 0 Å². The second-order valence-corrected chi connectivity index (χ2v) is 6.39. The third kappa shape index (κ3) is 3.50. The van der Waals surface area contributed by atoms with Gasteiger partial charge in [0.15, 0.2) is 0 Å². The monoisotopic (exact) mass is 267 g/mol. The molecule has 0 spiro atoms. The first kappa shape index (κ1) is 14.8. The summed E-state index contributed by atoms with van der Waals surface area (Å²) in [7, 11) is 0. The van der Waals surface area contributed by atoms with Gasteiger partial charge < -0.3 is 10.1 Å². The molecule has 0 heterocycles. The molecule has 3 heteroatoms. The predicted molar refractivity (Wildman–Crippen MR) is 76.9 cm³/mol. The van der Waals surface area contributed by atoms with E-state index in [0.29, 0.717) is 12.6 Å². The summed E-state index contributed by atoms with van der Waals surface area (Å²) in [5.74, 6) is 2.57. The highest BCUT2D eigenvalue weighted by atomic mass is 16.5. The van der Waals surface area contributed by atoms with E-state index in [2.05, 4.69) is 19.2 Å². The van der Waals surface area contributed by atoms with Gasteiger partial charge in [-0.05, 0) is 57.3 Å². The molecule has 2 saturated carbocycles. The molecule has 19 heavy (non-hydrogen) atoms. The molecule has 1 N–H and O–H groups in total. The first-order valence-electron chi connectivity index (χ1n) is 8.08. The van der Waals surface area contributed by atoms with E-state index in [0.717, 1.165) is 30.6 Å². The lowest BCUT2D eigenvalue weighted by molar-refractivity contribution is -0.146. The molecular formula is C16H29NO2. The van der Waals surface area contributed by atoms with E-state index in [1.807, 2.05) is 6.92 Å². The van der Waals surface area contributed by atoms with Crippen LogP contribution in [0.1, 0.15) is 59.3 Å². The SMILES string of the molecule is CCCC(NC(C)C1CC2CCC1C2)C(=O)OCC. The molecule has 0 aromatic carbocycles. The maximum Gasteiger partial charge on any atom is 0.323 e. The maximum absolute atomic E-state index is 12.0. The van der Waals surface area contributed by atoms with E-state index in [-0.39, 0.29) is 12.0 Å². The van der Waals surface area contributed by atoms with Crippen molar-refractivity contribution < 1.29 is 9.53 Å². The van der Waals surface area contributed by atoms with Crippen molar-refractivity contribution >= 4 is 5.97 Å². The van der Waals surface area contributed by atoms with Crippen LogP contribution >= 0.6 is 0 Å². The zero-order valence-electron chi connectivity index (χ0n) is 12.7. The molecule has 110 valence electrons. The summed E-state index contributed by atoms with van der Waals surface area (Å²) in [5, 5.41) is 3.55. The van der Waals surface area contributed by atoms with Gasteiger partial charge in [0.2, 0.25) is 0 Å². The molecule has 3 nitrogen and oxygen atoms in total. The van der Waals surface area contributed by atoms with Crippen molar-refractivity contribution in [3.8, 4) is 0 Å². The average Bonchev–Trinajstić information content (AvgIpc) is 3.00. The Balaban J connectivity index is 1.87. The third-order valence-electron chi connectivity index (χ3n) is 5.05. The molecule has 0 aromatic heterocycles. The minimum Gasteiger partial charge on any atom is -0.465 e. The Morgan fingerprint density at radius 2 is 2.11 bits per heavy atom. The smallest absolute Gasteiger partial charge is 0.323 e. The van der Waals surface area contributed by atoms with Crippen LogP contribution in [-0.2, 0) is 9.53 Å². The fraction of sp³-hybridized carbons (Fsp3) is 0.938. The second-order valence-electron chi connectivity index (χ2n) is 6.39. The van der Waals surface area contributed by atoms with Crippen LogP contribution in [-0.4, -0.2) is 24.7 Å². The van der Waals surface area contributed by atoms with Gasteiger partial charge in [-0.25, -0.2) is 0 Å². The molecule has 5 unspecified atom stereocenters. The highest BCUT2D eigenvalue weighted by molar-refractivity contribution is 5.75. The van der Waals surface area contributed by atoms with Crippen LogP contribution in [0.15, 0.2) is 0 Å². The molecule has 0 aliphatic heterocycles. The van der Waals surface area contributed by atoms with Crippen LogP contribution in [0.3, 0.4) is 0 Å². The Labute approximate surface area is 117 Å². The van der Waals surface area contributed by atoms with Crippen molar-refractivity contribution in [3.63, 3.8) is 0 Å². The standard InChI is InChI=1S/C16H29NO2/c1-4-6-15(16(18)19-5-2)17-11(3)14-10-12-7-8-13(14)9-12/h11-15,17H,4-10H2,1-3H3. The van der Waals surface area contributed by atoms with Crippen LogP contribution < -0.4 is 5.32 Å². The molecule has 0 amide bonds. The van der Waals surface area contributed by atoms with Crippen molar-refractivity contribution in [2.45, 2.75) is 71.4 Å². The van der Waals surface area contributed by atoms with Gasteiger partial charge in [-0.3, -0.25) is 4.79 Å². The summed E-state index contributed by atoms with van der Waals surface area (Å²) in [4.78, 5) is 12.0. The maximum atomic E-state index is 12.0. The number of fused-ring (bicyclic) bond motifs is 2. The zero-order chi connectivity index (χ0) is 13.8. The van der Waals surface area contributed by atoms with Gasteiger partial charge in [-0.15, -0.1) is 0 Å². The summed E-state index contributed by atoms with van der Waals surface area (Å²) in [6.07, 6.45) is 7.52. The van der Waals surface area contributed by atoms with Crippen LogP contribution in [0.2, 0.25) is 0 Å². The highest BCUT2D eigenvalue weighted by Crippen LogP contribution is 2.49. The number of rotatable bonds is 7. The number of ether oxygens (including phenoxy) is 1. The van der Waals surface area contributed by atoms with E-state index in [9.17, 15) is 4.79 Å². The van der Waals surface area contributed by atoms with Crippen LogP contribution in [0.4, 0.5) is 0 Å². The second kappa shape index (κ2) is 6.74. The first-order valence-corrected chi connectivity index (χ1v) is 8.08. The number of hydrogen-bond donors (Lipinski definition) is 1. The van der Waals surface area contributed by atoms with E-state index in [1.54, 1.807) is 0 Å². The number of carbonyl (C=O) groups excluding carboxylic acids is 1. The first-order chi connectivity index (χ1) is 9.15. The molecule has 0 radical (unpaired) electrons. The highest BCUT2D eigenvalue weighted by Gasteiger charge is 2.42. The number of esters is 1. The summed E-state index contributed by atoms with van der Waals surface area (Å²) in [6, 6.07) is 0.329. The van der Waals surface area contributed by atoms with Gasteiger partial charge in [0.1, 0.15) is 6.04 Å². The molecule has 0 saturated heterocycles.